The Kier molecular flexibility index (Phi) is 4.65. The Labute approximate surface area is 96.4 Å². The maximum atomic E-state index is 13.4. The second-order valence-corrected chi connectivity index (χ2v) is 3.10. The summed E-state index contributed by atoms with van der Waals surface area (Å²) in [7, 11) is 1.44. The zero-order valence-electron chi connectivity index (χ0n) is 9.11. The largest absolute Gasteiger partial charge is 0.485 e. The Morgan fingerprint density at radius 2 is 1.94 bits per heavy atom. The van der Waals surface area contributed by atoms with Gasteiger partial charge >= 0.3 is 0 Å². The Hall–Kier alpha value is -1.89. The van der Waals surface area contributed by atoms with Gasteiger partial charge < -0.3 is 20.4 Å². The first-order valence-electron chi connectivity index (χ1n) is 4.68. The third kappa shape index (κ3) is 3.28. The fourth-order valence-electron chi connectivity index (χ4n) is 1.13. The summed E-state index contributed by atoms with van der Waals surface area (Å²) in [6.45, 7) is 0.230. The third-order valence-corrected chi connectivity index (χ3v) is 1.94. The van der Waals surface area contributed by atoms with E-state index in [1.54, 1.807) is 0 Å². The molecule has 3 N–H and O–H groups in total. The molecule has 1 rings (SSSR count). The van der Waals surface area contributed by atoms with Gasteiger partial charge in [-0.15, -0.1) is 0 Å². The molecule has 0 saturated carbocycles. The van der Waals surface area contributed by atoms with Gasteiger partial charge in [-0.1, -0.05) is 5.16 Å². The van der Waals surface area contributed by atoms with Crippen LogP contribution in [0, 0.1) is 11.6 Å². The Morgan fingerprint density at radius 3 is 2.41 bits per heavy atom. The van der Waals surface area contributed by atoms with E-state index in [-0.39, 0.29) is 24.6 Å². The number of hydrogen-bond acceptors (Lipinski definition) is 4. The molecule has 7 heteroatoms. The number of hydrogen-bond donors (Lipinski definition) is 2. The second-order valence-electron chi connectivity index (χ2n) is 3.10. The summed E-state index contributed by atoms with van der Waals surface area (Å²) in [4.78, 5) is 0. The van der Waals surface area contributed by atoms with Crippen molar-refractivity contribution in [3.63, 3.8) is 0 Å². The van der Waals surface area contributed by atoms with Gasteiger partial charge in [-0.25, -0.2) is 8.78 Å². The minimum atomic E-state index is -0.928. The number of amidine groups is 1. The average Bonchev–Trinajstić information content (AvgIpc) is 2.31. The van der Waals surface area contributed by atoms with Crippen molar-refractivity contribution in [1.29, 1.82) is 0 Å². The lowest BCUT2D eigenvalue weighted by Gasteiger charge is -2.09. The fourth-order valence-corrected chi connectivity index (χ4v) is 1.13. The normalized spacial score (nSPS) is 11.6. The van der Waals surface area contributed by atoms with E-state index in [4.69, 9.17) is 15.7 Å². The summed E-state index contributed by atoms with van der Waals surface area (Å²) >= 11 is 0. The molecule has 0 aromatic heterocycles. The maximum absolute atomic E-state index is 13.4. The molecule has 0 heterocycles. The van der Waals surface area contributed by atoms with Crippen LogP contribution >= 0.6 is 0 Å². The SMILES string of the molecule is COCCOc1c(F)cc(C(N)=NO)cc1F. The van der Waals surface area contributed by atoms with Gasteiger partial charge in [0, 0.05) is 12.7 Å². The van der Waals surface area contributed by atoms with Crippen LogP contribution in [-0.4, -0.2) is 31.4 Å². The van der Waals surface area contributed by atoms with Crippen LogP contribution in [0.5, 0.6) is 5.75 Å². The molecule has 0 spiro atoms. The van der Waals surface area contributed by atoms with Crippen molar-refractivity contribution in [2.45, 2.75) is 0 Å². The van der Waals surface area contributed by atoms with E-state index in [2.05, 4.69) is 9.89 Å². The fraction of sp³-hybridized carbons (Fsp3) is 0.300. The Bertz CT molecular complexity index is 401. The maximum Gasteiger partial charge on any atom is 0.190 e. The van der Waals surface area contributed by atoms with Gasteiger partial charge in [0.25, 0.3) is 0 Å². The summed E-state index contributed by atoms with van der Waals surface area (Å²) in [5.74, 6) is -2.76. The van der Waals surface area contributed by atoms with Crippen molar-refractivity contribution < 1.29 is 23.5 Å². The molecule has 0 atom stereocenters. The Balaban J connectivity index is 2.94. The van der Waals surface area contributed by atoms with Gasteiger partial charge in [0.1, 0.15) is 6.61 Å². The van der Waals surface area contributed by atoms with E-state index in [1.807, 2.05) is 0 Å². The van der Waals surface area contributed by atoms with Crippen molar-refractivity contribution in [3.05, 3.63) is 29.3 Å². The predicted molar refractivity (Wildman–Crippen MR) is 56.2 cm³/mol. The molecule has 1 aromatic carbocycles. The molecular weight excluding hydrogens is 234 g/mol. The van der Waals surface area contributed by atoms with Gasteiger partial charge in [0.2, 0.25) is 0 Å². The van der Waals surface area contributed by atoms with Crippen LogP contribution in [0.2, 0.25) is 0 Å². The molecule has 5 nitrogen and oxygen atoms in total. The Morgan fingerprint density at radius 1 is 1.35 bits per heavy atom. The predicted octanol–water partition coefficient (Wildman–Crippen LogP) is 1.08. The van der Waals surface area contributed by atoms with Crippen molar-refractivity contribution in [1.82, 2.24) is 0 Å². The van der Waals surface area contributed by atoms with Crippen LogP contribution in [0.4, 0.5) is 8.78 Å². The van der Waals surface area contributed by atoms with Gasteiger partial charge in [0.05, 0.1) is 6.61 Å². The molecule has 1 aromatic rings. The lowest BCUT2D eigenvalue weighted by Crippen LogP contribution is -2.14. The number of oxime groups is 1. The molecule has 0 fully saturated rings. The zero-order valence-corrected chi connectivity index (χ0v) is 9.11. The van der Waals surface area contributed by atoms with Crippen molar-refractivity contribution >= 4 is 5.84 Å². The third-order valence-electron chi connectivity index (χ3n) is 1.94. The number of nitrogens with zero attached hydrogens (tertiary/aromatic N) is 1. The summed E-state index contributed by atoms with van der Waals surface area (Å²) < 4.78 is 36.4. The first-order valence-corrected chi connectivity index (χ1v) is 4.68. The van der Waals surface area contributed by atoms with Crippen LogP contribution in [0.3, 0.4) is 0 Å². The van der Waals surface area contributed by atoms with E-state index in [0.29, 0.717) is 0 Å². The number of ether oxygens (including phenoxy) is 2. The molecule has 0 aliphatic heterocycles. The summed E-state index contributed by atoms with van der Waals surface area (Å²) in [6.07, 6.45) is 0. The average molecular weight is 246 g/mol. The smallest absolute Gasteiger partial charge is 0.190 e. The minimum Gasteiger partial charge on any atom is -0.485 e. The van der Waals surface area contributed by atoms with Crippen LogP contribution in [0.15, 0.2) is 17.3 Å². The molecule has 17 heavy (non-hydrogen) atoms. The molecule has 0 bridgehead atoms. The van der Waals surface area contributed by atoms with Crippen molar-refractivity contribution in [2.75, 3.05) is 20.3 Å². The number of rotatable bonds is 5. The molecule has 0 aliphatic carbocycles. The summed E-state index contributed by atoms with van der Waals surface area (Å²) in [5, 5.41) is 11.0. The topological polar surface area (TPSA) is 77.1 Å². The molecule has 0 aliphatic rings. The number of methoxy groups -OCH3 is 1. The van der Waals surface area contributed by atoms with Gasteiger partial charge in [-0.2, -0.15) is 0 Å². The van der Waals surface area contributed by atoms with Crippen LogP contribution in [0.25, 0.3) is 0 Å². The molecule has 0 amide bonds. The highest BCUT2D eigenvalue weighted by atomic mass is 19.1. The van der Waals surface area contributed by atoms with Crippen molar-refractivity contribution in [2.24, 2.45) is 10.9 Å². The quantitative estimate of drug-likeness (QED) is 0.268. The molecule has 0 saturated heterocycles. The highest BCUT2D eigenvalue weighted by Gasteiger charge is 2.14. The molecule has 0 radical (unpaired) electrons. The highest BCUT2D eigenvalue weighted by molar-refractivity contribution is 5.97. The lowest BCUT2D eigenvalue weighted by molar-refractivity contribution is 0.141. The van der Waals surface area contributed by atoms with E-state index >= 15 is 0 Å². The molecule has 94 valence electrons. The minimum absolute atomic E-state index is 0.0211. The van der Waals surface area contributed by atoms with E-state index in [1.165, 1.54) is 7.11 Å². The van der Waals surface area contributed by atoms with Crippen LogP contribution in [-0.2, 0) is 4.74 Å². The summed E-state index contributed by atoms with van der Waals surface area (Å²) in [5.41, 5.74) is 5.14. The second kappa shape index (κ2) is 6.00. The van der Waals surface area contributed by atoms with E-state index in [0.717, 1.165) is 12.1 Å². The monoisotopic (exact) mass is 246 g/mol. The van der Waals surface area contributed by atoms with Crippen molar-refractivity contribution in [3.8, 4) is 5.75 Å². The van der Waals surface area contributed by atoms with Gasteiger partial charge in [-0.3, -0.25) is 0 Å². The standard InChI is InChI=1S/C10H12F2N2O3/c1-16-2-3-17-9-7(11)4-6(5-8(9)12)10(13)14-15/h4-5,15H,2-3H2,1H3,(H2,13,14). The number of nitrogens with two attached hydrogens (primary N) is 1. The summed E-state index contributed by atoms with van der Waals surface area (Å²) in [6, 6.07) is 1.83. The molecule has 0 unspecified atom stereocenters. The van der Waals surface area contributed by atoms with E-state index < -0.39 is 17.4 Å². The van der Waals surface area contributed by atoms with Gasteiger partial charge in [-0.05, 0) is 12.1 Å². The van der Waals surface area contributed by atoms with Gasteiger partial charge in [0.15, 0.2) is 23.2 Å². The zero-order chi connectivity index (χ0) is 12.8. The number of benzene rings is 1. The lowest BCUT2D eigenvalue weighted by atomic mass is 10.2. The number of halogens is 2. The molecular formula is C10H12F2N2O3. The first kappa shape index (κ1) is 13.2. The van der Waals surface area contributed by atoms with Crippen LogP contribution in [0.1, 0.15) is 5.56 Å². The van der Waals surface area contributed by atoms with Crippen LogP contribution < -0.4 is 10.5 Å². The van der Waals surface area contributed by atoms with E-state index in [9.17, 15) is 8.78 Å². The first-order chi connectivity index (χ1) is 8.10. The highest BCUT2D eigenvalue weighted by Crippen LogP contribution is 2.23.